The average Bonchev–Trinajstić information content (AvgIpc) is 2.80. The number of aromatic nitrogens is 2. The van der Waals surface area contributed by atoms with Crippen LogP contribution in [0.1, 0.15) is 25.6 Å². The zero-order valence-corrected chi connectivity index (χ0v) is 11.4. The summed E-state index contributed by atoms with van der Waals surface area (Å²) in [5.41, 5.74) is 1.89. The fourth-order valence-corrected chi connectivity index (χ4v) is 2.62. The molecule has 0 radical (unpaired) electrons. The second-order valence-electron chi connectivity index (χ2n) is 5.40. The number of carbonyl (C=O) groups is 2. The van der Waals surface area contributed by atoms with Crippen molar-refractivity contribution in [3.05, 3.63) is 30.1 Å². The first kappa shape index (κ1) is 12.8. The Morgan fingerprint density at radius 2 is 1.95 bits per heavy atom. The molecule has 1 saturated heterocycles. The number of para-hydroxylation sites is 2. The smallest absolute Gasteiger partial charge is 0.229 e. The molecular formula is C15H17N3O2. The topological polar surface area (TPSA) is 66.1 Å². The summed E-state index contributed by atoms with van der Waals surface area (Å²) < 4.78 is 0. The van der Waals surface area contributed by atoms with Crippen molar-refractivity contribution in [1.29, 1.82) is 0 Å². The van der Waals surface area contributed by atoms with Gasteiger partial charge in [0.15, 0.2) is 0 Å². The van der Waals surface area contributed by atoms with Gasteiger partial charge in [-0.1, -0.05) is 19.1 Å². The van der Waals surface area contributed by atoms with Gasteiger partial charge < -0.3 is 4.98 Å². The number of H-pyrrole nitrogens is 1. The van der Waals surface area contributed by atoms with Gasteiger partial charge in [0.1, 0.15) is 5.82 Å². The van der Waals surface area contributed by atoms with Gasteiger partial charge in [-0.05, 0) is 18.1 Å². The molecule has 0 aliphatic carbocycles. The third kappa shape index (κ3) is 2.43. The number of likely N-dealkylation sites (tertiary alicyclic amines) is 1. The molecule has 2 heterocycles. The molecule has 0 atom stereocenters. The molecule has 1 aliphatic heterocycles. The summed E-state index contributed by atoms with van der Waals surface area (Å²) in [4.78, 5) is 32.8. The highest BCUT2D eigenvalue weighted by Gasteiger charge is 2.29. The first-order chi connectivity index (χ1) is 9.63. The van der Waals surface area contributed by atoms with Crippen molar-refractivity contribution in [1.82, 2.24) is 14.9 Å². The average molecular weight is 271 g/mol. The van der Waals surface area contributed by atoms with Gasteiger partial charge in [-0.25, -0.2) is 4.98 Å². The lowest BCUT2D eigenvalue weighted by atomic mass is 9.98. The third-order valence-electron chi connectivity index (χ3n) is 3.66. The number of hydrogen-bond acceptors (Lipinski definition) is 3. The Hall–Kier alpha value is -2.17. The van der Waals surface area contributed by atoms with Gasteiger partial charge in [0.05, 0.1) is 11.0 Å². The SMILES string of the molecule is CC1CC(=O)N(CCc2nc3ccccc3[nH]2)C(=O)C1. The molecule has 1 aliphatic rings. The summed E-state index contributed by atoms with van der Waals surface area (Å²) in [6.45, 7) is 2.34. The predicted octanol–water partition coefficient (Wildman–Crippen LogP) is 1.89. The van der Waals surface area contributed by atoms with Crippen LogP contribution in [0.5, 0.6) is 0 Å². The van der Waals surface area contributed by atoms with Gasteiger partial charge in [0, 0.05) is 25.8 Å². The Morgan fingerprint density at radius 3 is 2.65 bits per heavy atom. The molecule has 0 unspecified atom stereocenters. The van der Waals surface area contributed by atoms with E-state index in [4.69, 9.17) is 0 Å². The monoisotopic (exact) mass is 271 g/mol. The first-order valence-electron chi connectivity index (χ1n) is 6.90. The van der Waals surface area contributed by atoms with Crippen LogP contribution >= 0.6 is 0 Å². The number of imidazole rings is 1. The number of nitrogens with zero attached hydrogens (tertiary/aromatic N) is 2. The predicted molar refractivity (Wildman–Crippen MR) is 74.9 cm³/mol. The highest BCUT2D eigenvalue weighted by Crippen LogP contribution is 2.19. The number of aromatic amines is 1. The summed E-state index contributed by atoms with van der Waals surface area (Å²) in [7, 11) is 0. The quantitative estimate of drug-likeness (QED) is 0.867. The second-order valence-corrected chi connectivity index (χ2v) is 5.40. The molecule has 1 aromatic carbocycles. The van der Waals surface area contributed by atoms with E-state index in [1.165, 1.54) is 4.90 Å². The van der Waals surface area contributed by atoms with Crippen LogP contribution in [0, 0.1) is 5.92 Å². The zero-order chi connectivity index (χ0) is 14.1. The van der Waals surface area contributed by atoms with Crippen molar-refractivity contribution >= 4 is 22.8 Å². The Bertz CT molecular complexity index is 611. The Balaban J connectivity index is 1.69. The number of fused-ring (bicyclic) bond motifs is 1. The normalized spacial score (nSPS) is 17.1. The van der Waals surface area contributed by atoms with Crippen molar-refractivity contribution in [2.45, 2.75) is 26.2 Å². The Kier molecular flexibility index (Phi) is 3.26. The van der Waals surface area contributed by atoms with E-state index in [0.29, 0.717) is 25.8 Å². The number of amides is 2. The van der Waals surface area contributed by atoms with Gasteiger partial charge in [0.2, 0.25) is 11.8 Å². The van der Waals surface area contributed by atoms with E-state index in [2.05, 4.69) is 9.97 Å². The van der Waals surface area contributed by atoms with Crippen LogP contribution in [-0.2, 0) is 16.0 Å². The Morgan fingerprint density at radius 1 is 1.25 bits per heavy atom. The maximum Gasteiger partial charge on any atom is 0.229 e. The maximum atomic E-state index is 11.9. The number of piperidine rings is 1. The molecule has 20 heavy (non-hydrogen) atoms. The zero-order valence-electron chi connectivity index (χ0n) is 11.4. The lowest BCUT2D eigenvalue weighted by molar-refractivity contribution is -0.149. The van der Waals surface area contributed by atoms with Crippen LogP contribution in [0.15, 0.2) is 24.3 Å². The van der Waals surface area contributed by atoms with Crippen LogP contribution in [0.2, 0.25) is 0 Å². The fourth-order valence-electron chi connectivity index (χ4n) is 2.62. The van der Waals surface area contributed by atoms with Crippen LogP contribution in [-0.4, -0.2) is 33.2 Å². The van der Waals surface area contributed by atoms with Crippen molar-refractivity contribution in [2.75, 3.05) is 6.54 Å². The van der Waals surface area contributed by atoms with E-state index in [0.717, 1.165) is 16.9 Å². The standard InChI is InChI=1S/C15H17N3O2/c1-10-8-14(19)18(15(20)9-10)7-6-13-16-11-4-2-3-5-12(11)17-13/h2-5,10H,6-9H2,1H3,(H,16,17). The Labute approximate surface area is 117 Å². The minimum atomic E-state index is -0.0649. The first-order valence-corrected chi connectivity index (χ1v) is 6.90. The van der Waals surface area contributed by atoms with Crippen molar-refractivity contribution in [2.24, 2.45) is 5.92 Å². The molecule has 5 nitrogen and oxygen atoms in total. The minimum Gasteiger partial charge on any atom is -0.342 e. The molecule has 0 saturated carbocycles. The van der Waals surface area contributed by atoms with Crippen LogP contribution < -0.4 is 0 Å². The van der Waals surface area contributed by atoms with Crippen molar-refractivity contribution in [3.8, 4) is 0 Å². The van der Waals surface area contributed by atoms with E-state index >= 15 is 0 Å². The molecule has 104 valence electrons. The minimum absolute atomic E-state index is 0.0649. The molecule has 2 amide bonds. The molecular weight excluding hydrogens is 254 g/mol. The van der Waals surface area contributed by atoms with Crippen LogP contribution in [0.25, 0.3) is 11.0 Å². The summed E-state index contributed by atoms with van der Waals surface area (Å²) in [5, 5.41) is 0. The summed E-state index contributed by atoms with van der Waals surface area (Å²) in [5.74, 6) is 0.845. The second kappa shape index (κ2) is 5.07. The summed E-state index contributed by atoms with van der Waals surface area (Å²) in [6, 6.07) is 7.79. The number of benzene rings is 1. The van der Waals surface area contributed by atoms with Gasteiger partial charge >= 0.3 is 0 Å². The molecule has 1 fully saturated rings. The lowest BCUT2D eigenvalue weighted by Gasteiger charge is -2.27. The van der Waals surface area contributed by atoms with Crippen LogP contribution in [0.3, 0.4) is 0 Å². The molecule has 0 spiro atoms. The van der Waals surface area contributed by atoms with E-state index in [1.54, 1.807) is 0 Å². The molecule has 3 rings (SSSR count). The summed E-state index contributed by atoms with van der Waals surface area (Å²) in [6.07, 6.45) is 1.50. The number of hydrogen-bond donors (Lipinski definition) is 1. The van der Waals surface area contributed by atoms with E-state index < -0.39 is 0 Å². The van der Waals surface area contributed by atoms with Crippen molar-refractivity contribution in [3.63, 3.8) is 0 Å². The molecule has 0 bridgehead atoms. The fraction of sp³-hybridized carbons (Fsp3) is 0.400. The van der Waals surface area contributed by atoms with Gasteiger partial charge in [-0.2, -0.15) is 0 Å². The molecule has 2 aromatic rings. The van der Waals surface area contributed by atoms with Crippen molar-refractivity contribution < 1.29 is 9.59 Å². The summed E-state index contributed by atoms with van der Waals surface area (Å²) >= 11 is 0. The third-order valence-corrected chi connectivity index (χ3v) is 3.66. The van der Waals surface area contributed by atoms with Gasteiger partial charge in [-0.15, -0.1) is 0 Å². The highest BCUT2D eigenvalue weighted by atomic mass is 16.2. The van der Waals surface area contributed by atoms with E-state index in [1.807, 2.05) is 31.2 Å². The highest BCUT2D eigenvalue weighted by molar-refractivity contribution is 5.97. The maximum absolute atomic E-state index is 11.9. The van der Waals surface area contributed by atoms with E-state index in [-0.39, 0.29) is 17.7 Å². The molecule has 5 heteroatoms. The van der Waals surface area contributed by atoms with E-state index in [9.17, 15) is 9.59 Å². The largest absolute Gasteiger partial charge is 0.342 e. The van der Waals surface area contributed by atoms with Gasteiger partial charge in [-0.3, -0.25) is 14.5 Å². The number of nitrogens with one attached hydrogen (secondary N) is 1. The van der Waals surface area contributed by atoms with Crippen LogP contribution in [0.4, 0.5) is 0 Å². The van der Waals surface area contributed by atoms with Gasteiger partial charge in [0.25, 0.3) is 0 Å². The number of rotatable bonds is 3. The lowest BCUT2D eigenvalue weighted by Crippen LogP contribution is -2.43. The number of imide groups is 1. The molecule has 1 N–H and O–H groups in total. The number of carbonyl (C=O) groups excluding carboxylic acids is 2. The molecule has 1 aromatic heterocycles.